The number of nitrogens with one attached hydrogen (secondary N) is 1. The molecule has 2 nitrogen and oxygen atoms in total. The maximum atomic E-state index is 5.21. The molecule has 0 aromatic heterocycles. The van der Waals surface area contributed by atoms with Crippen LogP contribution in [0.15, 0.2) is 22.7 Å². The van der Waals surface area contributed by atoms with Gasteiger partial charge in [0.2, 0.25) is 0 Å². The SMILES string of the molecule is CCC(CNC)c1ccc(OC)c(Br)c1. The maximum absolute atomic E-state index is 5.21. The van der Waals surface area contributed by atoms with Crippen molar-refractivity contribution in [2.45, 2.75) is 19.3 Å². The molecule has 84 valence electrons. The second-order valence-corrected chi connectivity index (χ2v) is 4.41. The first kappa shape index (κ1) is 12.5. The van der Waals surface area contributed by atoms with Gasteiger partial charge in [0.25, 0.3) is 0 Å². The number of ether oxygens (including phenoxy) is 1. The van der Waals surface area contributed by atoms with Crippen LogP contribution in [-0.2, 0) is 0 Å². The molecule has 0 saturated heterocycles. The molecule has 0 fully saturated rings. The van der Waals surface area contributed by atoms with E-state index >= 15 is 0 Å². The Morgan fingerprint density at radius 3 is 2.67 bits per heavy atom. The number of hydrogen-bond acceptors (Lipinski definition) is 2. The predicted octanol–water partition coefficient (Wildman–Crippen LogP) is 3.17. The zero-order valence-electron chi connectivity index (χ0n) is 9.51. The molecule has 0 aliphatic carbocycles. The van der Waals surface area contributed by atoms with Gasteiger partial charge in [0.1, 0.15) is 5.75 Å². The van der Waals surface area contributed by atoms with Gasteiger partial charge in [-0.3, -0.25) is 0 Å². The Morgan fingerprint density at radius 2 is 2.20 bits per heavy atom. The minimum atomic E-state index is 0.567. The average molecular weight is 272 g/mol. The van der Waals surface area contributed by atoms with Gasteiger partial charge in [-0.05, 0) is 53.0 Å². The van der Waals surface area contributed by atoms with Crippen LogP contribution in [0.1, 0.15) is 24.8 Å². The van der Waals surface area contributed by atoms with Crippen LogP contribution < -0.4 is 10.1 Å². The standard InChI is InChI=1S/C12H18BrNO/c1-4-9(8-14-2)10-5-6-12(15-3)11(13)7-10/h5-7,9,14H,4,8H2,1-3H3. The molecule has 0 heterocycles. The molecule has 15 heavy (non-hydrogen) atoms. The van der Waals surface area contributed by atoms with Gasteiger partial charge in [0, 0.05) is 6.54 Å². The molecule has 0 radical (unpaired) electrons. The fourth-order valence-electron chi connectivity index (χ4n) is 1.68. The number of rotatable bonds is 5. The van der Waals surface area contributed by atoms with E-state index in [0.29, 0.717) is 5.92 Å². The van der Waals surface area contributed by atoms with Crippen molar-refractivity contribution in [1.82, 2.24) is 5.32 Å². The molecule has 1 atom stereocenters. The Balaban J connectivity index is 2.89. The first-order valence-electron chi connectivity index (χ1n) is 5.21. The summed E-state index contributed by atoms with van der Waals surface area (Å²) in [5.41, 5.74) is 1.35. The quantitative estimate of drug-likeness (QED) is 0.889. The van der Waals surface area contributed by atoms with Crippen LogP contribution in [0, 0.1) is 0 Å². The molecule has 1 aromatic rings. The molecule has 1 aromatic carbocycles. The Labute approximate surface area is 100 Å². The second-order valence-electron chi connectivity index (χ2n) is 3.56. The van der Waals surface area contributed by atoms with Gasteiger partial charge in [-0.2, -0.15) is 0 Å². The normalized spacial score (nSPS) is 12.5. The maximum Gasteiger partial charge on any atom is 0.133 e. The van der Waals surface area contributed by atoms with E-state index in [2.05, 4.69) is 40.3 Å². The van der Waals surface area contributed by atoms with Crippen LogP contribution in [0.25, 0.3) is 0 Å². The Bertz CT molecular complexity index is 314. The molecule has 3 heteroatoms. The van der Waals surface area contributed by atoms with Gasteiger partial charge in [0.05, 0.1) is 11.6 Å². The van der Waals surface area contributed by atoms with Crippen LogP contribution in [0.4, 0.5) is 0 Å². The van der Waals surface area contributed by atoms with Crippen molar-refractivity contribution in [2.24, 2.45) is 0 Å². The van der Waals surface area contributed by atoms with E-state index in [-0.39, 0.29) is 0 Å². The first-order valence-corrected chi connectivity index (χ1v) is 6.00. The number of benzene rings is 1. The molecule has 0 saturated carbocycles. The summed E-state index contributed by atoms with van der Waals surface area (Å²) in [6, 6.07) is 6.29. The molecule has 0 aliphatic heterocycles. The summed E-state index contributed by atoms with van der Waals surface area (Å²) in [4.78, 5) is 0. The summed E-state index contributed by atoms with van der Waals surface area (Å²) in [6.07, 6.45) is 1.14. The van der Waals surface area contributed by atoms with Crippen molar-refractivity contribution in [3.05, 3.63) is 28.2 Å². The summed E-state index contributed by atoms with van der Waals surface area (Å²) in [6.45, 7) is 3.22. The van der Waals surface area contributed by atoms with E-state index in [1.165, 1.54) is 5.56 Å². The summed E-state index contributed by atoms with van der Waals surface area (Å²) in [5, 5.41) is 3.22. The molecule has 1 N–H and O–H groups in total. The fraction of sp³-hybridized carbons (Fsp3) is 0.500. The fourth-order valence-corrected chi connectivity index (χ4v) is 2.24. The minimum absolute atomic E-state index is 0.567. The largest absolute Gasteiger partial charge is 0.496 e. The lowest BCUT2D eigenvalue weighted by atomic mass is 9.96. The average Bonchev–Trinajstić information content (AvgIpc) is 2.25. The van der Waals surface area contributed by atoms with Crippen molar-refractivity contribution in [2.75, 3.05) is 20.7 Å². The molecular weight excluding hydrogens is 254 g/mol. The van der Waals surface area contributed by atoms with E-state index < -0.39 is 0 Å². The van der Waals surface area contributed by atoms with Gasteiger partial charge in [0.15, 0.2) is 0 Å². The molecule has 0 bridgehead atoms. The minimum Gasteiger partial charge on any atom is -0.496 e. The molecule has 0 amide bonds. The lowest BCUT2D eigenvalue weighted by Gasteiger charge is -2.16. The molecule has 1 rings (SSSR count). The van der Waals surface area contributed by atoms with Gasteiger partial charge in [-0.1, -0.05) is 13.0 Å². The highest BCUT2D eigenvalue weighted by molar-refractivity contribution is 9.10. The van der Waals surface area contributed by atoms with Crippen molar-refractivity contribution >= 4 is 15.9 Å². The monoisotopic (exact) mass is 271 g/mol. The van der Waals surface area contributed by atoms with E-state index in [4.69, 9.17) is 4.74 Å². The summed E-state index contributed by atoms with van der Waals surface area (Å²) >= 11 is 3.51. The predicted molar refractivity (Wildman–Crippen MR) is 67.7 cm³/mol. The third kappa shape index (κ3) is 3.21. The summed E-state index contributed by atoms with van der Waals surface area (Å²) < 4.78 is 6.24. The van der Waals surface area contributed by atoms with Crippen molar-refractivity contribution in [1.29, 1.82) is 0 Å². The topological polar surface area (TPSA) is 21.3 Å². The van der Waals surface area contributed by atoms with E-state index in [1.54, 1.807) is 7.11 Å². The van der Waals surface area contributed by atoms with Crippen LogP contribution >= 0.6 is 15.9 Å². The molecular formula is C12H18BrNO. The van der Waals surface area contributed by atoms with Gasteiger partial charge < -0.3 is 10.1 Å². The van der Waals surface area contributed by atoms with Crippen LogP contribution in [-0.4, -0.2) is 20.7 Å². The first-order chi connectivity index (χ1) is 7.22. The number of likely N-dealkylation sites (N-methyl/N-ethyl adjacent to an activating group) is 1. The smallest absolute Gasteiger partial charge is 0.133 e. The highest BCUT2D eigenvalue weighted by Crippen LogP contribution is 2.29. The third-order valence-corrected chi connectivity index (χ3v) is 3.21. The lowest BCUT2D eigenvalue weighted by molar-refractivity contribution is 0.411. The molecule has 0 spiro atoms. The van der Waals surface area contributed by atoms with Gasteiger partial charge >= 0.3 is 0 Å². The van der Waals surface area contributed by atoms with Crippen LogP contribution in [0.2, 0.25) is 0 Å². The Morgan fingerprint density at radius 1 is 1.47 bits per heavy atom. The Kier molecular flexibility index (Phi) is 5.12. The van der Waals surface area contributed by atoms with E-state index in [9.17, 15) is 0 Å². The van der Waals surface area contributed by atoms with E-state index in [1.807, 2.05) is 13.1 Å². The zero-order valence-corrected chi connectivity index (χ0v) is 11.1. The summed E-state index contributed by atoms with van der Waals surface area (Å²) in [5.74, 6) is 1.45. The number of halogens is 1. The van der Waals surface area contributed by atoms with Crippen molar-refractivity contribution in [3.63, 3.8) is 0 Å². The summed E-state index contributed by atoms with van der Waals surface area (Å²) in [7, 11) is 3.67. The molecule has 1 unspecified atom stereocenters. The van der Waals surface area contributed by atoms with Crippen molar-refractivity contribution in [3.8, 4) is 5.75 Å². The lowest BCUT2D eigenvalue weighted by Crippen LogP contribution is -2.16. The van der Waals surface area contributed by atoms with Gasteiger partial charge in [-0.15, -0.1) is 0 Å². The van der Waals surface area contributed by atoms with E-state index in [0.717, 1.165) is 23.2 Å². The Hall–Kier alpha value is -0.540. The van der Waals surface area contributed by atoms with Crippen LogP contribution in [0.3, 0.4) is 0 Å². The zero-order chi connectivity index (χ0) is 11.3. The highest BCUT2D eigenvalue weighted by Gasteiger charge is 2.10. The van der Waals surface area contributed by atoms with Gasteiger partial charge in [-0.25, -0.2) is 0 Å². The van der Waals surface area contributed by atoms with Crippen LogP contribution in [0.5, 0.6) is 5.75 Å². The van der Waals surface area contributed by atoms with Crippen molar-refractivity contribution < 1.29 is 4.74 Å². The number of methoxy groups -OCH3 is 1. The molecule has 0 aliphatic rings. The highest BCUT2D eigenvalue weighted by atomic mass is 79.9. The number of hydrogen-bond donors (Lipinski definition) is 1. The third-order valence-electron chi connectivity index (χ3n) is 2.59. The second kappa shape index (κ2) is 6.13.